The van der Waals surface area contributed by atoms with Gasteiger partial charge in [0.1, 0.15) is 5.82 Å². The minimum atomic E-state index is 0.117. The Morgan fingerprint density at radius 1 is 1.43 bits per heavy atom. The molecule has 1 aliphatic rings. The second-order valence-electron chi connectivity index (χ2n) is 5.81. The normalized spacial score (nSPS) is 19.6. The number of likely N-dealkylation sites (N-methyl/N-ethyl adjacent to an activating group) is 1. The zero-order valence-electron chi connectivity index (χ0n) is 13.5. The molecule has 2 heterocycles. The highest BCUT2D eigenvalue weighted by Gasteiger charge is 2.25. The van der Waals surface area contributed by atoms with Crippen LogP contribution in [0.4, 0.5) is 5.82 Å². The van der Waals surface area contributed by atoms with Crippen LogP contribution in [0.3, 0.4) is 0 Å². The summed E-state index contributed by atoms with van der Waals surface area (Å²) in [6, 6.07) is 4.20. The molecule has 1 fully saturated rings. The number of hydrogen-bond donors (Lipinski definition) is 1. The van der Waals surface area contributed by atoms with Crippen LogP contribution in [0.15, 0.2) is 12.1 Å². The van der Waals surface area contributed by atoms with Gasteiger partial charge in [-0.15, -0.1) is 0 Å². The molecule has 0 spiro atoms. The van der Waals surface area contributed by atoms with Crippen LogP contribution in [0.1, 0.15) is 36.3 Å². The molecule has 0 bridgehead atoms. The summed E-state index contributed by atoms with van der Waals surface area (Å²) in [5, 5.41) is 3.05. The van der Waals surface area contributed by atoms with Crippen molar-refractivity contribution in [1.82, 2.24) is 14.8 Å². The predicted molar refractivity (Wildman–Crippen MR) is 85.8 cm³/mol. The first kappa shape index (κ1) is 15.8. The van der Waals surface area contributed by atoms with Crippen LogP contribution >= 0.6 is 0 Å². The Bertz CT molecular complexity index is 503. The number of hydrogen-bond acceptors (Lipinski definition) is 4. The van der Waals surface area contributed by atoms with Crippen LogP contribution in [0.5, 0.6) is 0 Å². The van der Waals surface area contributed by atoms with E-state index in [0.29, 0.717) is 6.04 Å². The smallest absolute Gasteiger partial charge is 0.254 e. The van der Waals surface area contributed by atoms with Gasteiger partial charge in [0.2, 0.25) is 0 Å². The van der Waals surface area contributed by atoms with Crippen LogP contribution in [-0.4, -0.2) is 60.5 Å². The number of amides is 1. The van der Waals surface area contributed by atoms with E-state index in [0.717, 1.165) is 49.6 Å². The number of aryl methyl sites for hydroxylation is 1. The van der Waals surface area contributed by atoms with Gasteiger partial charge >= 0.3 is 0 Å². The lowest BCUT2D eigenvalue weighted by Gasteiger charge is -2.37. The fourth-order valence-electron chi connectivity index (χ4n) is 2.64. The van der Waals surface area contributed by atoms with E-state index in [1.165, 1.54) is 0 Å². The van der Waals surface area contributed by atoms with E-state index in [1.54, 1.807) is 0 Å². The Morgan fingerprint density at radius 3 is 2.81 bits per heavy atom. The summed E-state index contributed by atoms with van der Waals surface area (Å²) < 4.78 is 0. The van der Waals surface area contributed by atoms with Gasteiger partial charge in [0.15, 0.2) is 0 Å². The molecule has 21 heavy (non-hydrogen) atoms. The summed E-state index contributed by atoms with van der Waals surface area (Å²) in [5.74, 6) is 0.887. The predicted octanol–water partition coefficient (Wildman–Crippen LogP) is 1.85. The number of carbonyl (C=O) groups excluding carboxylic acids is 1. The minimum Gasteiger partial charge on any atom is -0.373 e. The average Bonchev–Trinajstić information content (AvgIpc) is 2.49. The van der Waals surface area contributed by atoms with Crippen molar-refractivity contribution in [3.8, 4) is 0 Å². The van der Waals surface area contributed by atoms with Crippen molar-refractivity contribution in [3.63, 3.8) is 0 Å². The first-order valence-electron chi connectivity index (χ1n) is 7.73. The van der Waals surface area contributed by atoms with Crippen LogP contribution in [0, 0.1) is 0 Å². The van der Waals surface area contributed by atoms with Crippen LogP contribution in [0.25, 0.3) is 0 Å². The Hall–Kier alpha value is -1.62. The second kappa shape index (κ2) is 6.89. The van der Waals surface area contributed by atoms with Gasteiger partial charge in [-0.2, -0.15) is 0 Å². The van der Waals surface area contributed by atoms with Gasteiger partial charge in [0, 0.05) is 44.0 Å². The third-order valence-electron chi connectivity index (χ3n) is 4.13. The SMILES string of the molecule is CCCc1cc(C(=O)N2CCN(C)C(C)C2)cc(NC)n1. The molecule has 1 unspecified atom stereocenters. The Morgan fingerprint density at radius 2 is 2.19 bits per heavy atom. The minimum absolute atomic E-state index is 0.117. The first-order chi connectivity index (χ1) is 10.0. The highest BCUT2D eigenvalue weighted by Crippen LogP contribution is 2.16. The lowest BCUT2D eigenvalue weighted by atomic mass is 10.1. The molecule has 1 atom stereocenters. The molecule has 1 saturated heterocycles. The quantitative estimate of drug-likeness (QED) is 0.919. The standard InChI is InChI=1S/C16H26N4O/c1-5-6-14-9-13(10-15(17-3)18-14)16(21)20-8-7-19(4)12(2)11-20/h9-10,12H,5-8,11H2,1-4H3,(H,17,18). The molecule has 1 amide bonds. The van der Waals surface area contributed by atoms with Gasteiger partial charge in [0.25, 0.3) is 5.91 Å². The fraction of sp³-hybridized carbons (Fsp3) is 0.625. The Balaban J connectivity index is 2.20. The van der Waals surface area contributed by atoms with Crippen molar-refractivity contribution >= 4 is 11.7 Å². The molecule has 1 N–H and O–H groups in total. The average molecular weight is 290 g/mol. The van der Waals surface area contributed by atoms with Gasteiger partial charge < -0.3 is 15.1 Å². The van der Waals surface area contributed by atoms with Crippen molar-refractivity contribution in [2.24, 2.45) is 0 Å². The summed E-state index contributed by atoms with van der Waals surface area (Å²) in [7, 11) is 3.95. The van der Waals surface area contributed by atoms with Gasteiger partial charge in [-0.1, -0.05) is 13.3 Å². The number of carbonyl (C=O) groups is 1. The molecule has 0 aliphatic carbocycles. The van der Waals surface area contributed by atoms with Gasteiger partial charge in [-0.3, -0.25) is 4.79 Å². The maximum atomic E-state index is 12.7. The summed E-state index contributed by atoms with van der Waals surface area (Å²) in [4.78, 5) is 21.5. The molecule has 0 aromatic carbocycles. The Labute approximate surface area is 127 Å². The van der Waals surface area contributed by atoms with E-state index >= 15 is 0 Å². The van der Waals surface area contributed by atoms with Crippen molar-refractivity contribution in [3.05, 3.63) is 23.4 Å². The van der Waals surface area contributed by atoms with E-state index in [1.807, 2.05) is 24.1 Å². The van der Waals surface area contributed by atoms with E-state index in [2.05, 4.69) is 36.1 Å². The number of rotatable bonds is 4. The van der Waals surface area contributed by atoms with Crippen molar-refractivity contribution in [1.29, 1.82) is 0 Å². The van der Waals surface area contributed by atoms with Crippen molar-refractivity contribution in [2.45, 2.75) is 32.7 Å². The number of nitrogens with one attached hydrogen (secondary N) is 1. The zero-order valence-corrected chi connectivity index (χ0v) is 13.5. The number of aromatic nitrogens is 1. The van der Waals surface area contributed by atoms with Gasteiger partial charge in [0.05, 0.1) is 0 Å². The van der Waals surface area contributed by atoms with E-state index < -0.39 is 0 Å². The summed E-state index contributed by atoms with van der Waals surface area (Å²) >= 11 is 0. The Kier molecular flexibility index (Phi) is 5.17. The fourth-order valence-corrected chi connectivity index (χ4v) is 2.64. The lowest BCUT2D eigenvalue weighted by molar-refractivity contribution is 0.0572. The molecular formula is C16H26N4O. The highest BCUT2D eigenvalue weighted by atomic mass is 16.2. The topological polar surface area (TPSA) is 48.5 Å². The number of piperazine rings is 1. The molecular weight excluding hydrogens is 264 g/mol. The third-order valence-corrected chi connectivity index (χ3v) is 4.13. The summed E-state index contributed by atoms with van der Waals surface area (Å²) in [6.45, 7) is 6.79. The summed E-state index contributed by atoms with van der Waals surface area (Å²) in [5.41, 5.74) is 1.73. The number of pyridine rings is 1. The molecule has 1 aromatic rings. The van der Waals surface area contributed by atoms with Crippen LogP contribution < -0.4 is 5.32 Å². The maximum absolute atomic E-state index is 12.7. The number of anilines is 1. The molecule has 116 valence electrons. The molecule has 2 rings (SSSR count). The second-order valence-corrected chi connectivity index (χ2v) is 5.81. The number of nitrogens with zero attached hydrogens (tertiary/aromatic N) is 3. The van der Waals surface area contributed by atoms with Crippen LogP contribution in [0.2, 0.25) is 0 Å². The molecule has 1 aliphatic heterocycles. The highest BCUT2D eigenvalue weighted by molar-refractivity contribution is 5.95. The molecule has 0 saturated carbocycles. The molecule has 5 nitrogen and oxygen atoms in total. The summed E-state index contributed by atoms with van der Waals surface area (Å²) in [6.07, 6.45) is 1.92. The van der Waals surface area contributed by atoms with E-state index in [4.69, 9.17) is 0 Å². The zero-order chi connectivity index (χ0) is 15.4. The third kappa shape index (κ3) is 3.73. The van der Waals surface area contributed by atoms with Crippen LogP contribution in [-0.2, 0) is 6.42 Å². The largest absolute Gasteiger partial charge is 0.373 e. The monoisotopic (exact) mass is 290 g/mol. The maximum Gasteiger partial charge on any atom is 0.254 e. The van der Waals surface area contributed by atoms with E-state index in [-0.39, 0.29) is 5.91 Å². The molecule has 1 aromatic heterocycles. The van der Waals surface area contributed by atoms with Gasteiger partial charge in [-0.25, -0.2) is 4.98 Å². The van der Waals surface area contributed by atoms with E-state index in [9.17, 15) is 4.79 Å². The van der Waals surface area contributed by atoms with Crippen molar-refractivity contribution < 1.29 is 4.79 Å². The van der Waals surface area contributed by atoms with Crippen molar-refractivity contribution in [2.75, 3.05) is 39.0 Å². The first-order valence-corrected chi connectivity index (χ1v) is 7.73. The lowest BCUT2D eigenvalue weighted by Crippen LogP contribution is -2.52. The molecule has 5 heteroatoms. The molecule has 0 radical (unpaired) electrons. The van der Waals surface area contributed by atoms with Gasteiger partial charge in [-0.05, 0) is 32.5 Å².